The summed E-state index contributed by atoms with van der Waals surface area (Å²) < 4.78 is 0. The predicted molar refractivity (Wildman–Crippen MR) is 84.6 cm³/mol. The van der Waals surface area contributed by atoms with Crippen molar-refractivity contribution in [3.8, 4) is 0 Å². The summed E-state index contributed by atoms with van der Waals surface area (Å²) in [5.41, 5.74) is 1.58. The molecule has 0 bridgehead atoms. The number of rotatable bonds is 2. The first-order chi connectivity index (χ1) is 10.3. The van der Waals surface area contributed by atoms with Crippen molar-refractivity contribution in [1.82, 2.24) is 10.0 Å². The number of carbonyl (C=O) groups is 1. The number of nitrogens with zero attached hydrogens (tertiary/aromatic N) is 4. The second kappa shape index (κ2) is 7.05. The third-order valence-electron chi connectivity index (χ3n) is 4.52. The van der Waals surface area contributed by atoms with Crippen molar-refractivity contribution in [2.24, 2.45) is 10.2 Å². The van der Waals surface area contributed by atoms with Crippen LogP contribution in [-0.2, 0) is 4.79 Å². The Morgan fingerprint density at radius 2 is 1.24 bits per heavy atom. The molecule has 3 aliphatic rings. The Hall–Kier alpha value is -1.39. The summed E-state index contributed by atoms with van der Waals surface area (Å²) in [6.07, 6.45) is 9.82. The van der Waals surface area contributed by atoms with Crippen LogP contribution in [0.15, 0.2) is 10.2 Å². The Bertz CT molecular complexity index is 432. The van der Waals surface area contributed by atoms with Crippen LogP contribution in [0.4, 0.5) is 0 Å². The number of hydrogen-bond acceptors (Lipinski definition) is 5. The number of hydrogen-bond donors (Lipinski definition) is 0. The molecule has 1 aliphatic carbocycles. The molecule has 2 saturated heterocycles. The molecule has 2 aliphatic heterocycles. The molecule has 3 fully saturated rings. The van der Waals surface area contributed by atoms with Gasteiger partial charge in [0, 0.05) is 32.6 Å². The van der Waals surface area contributed by atoms with Crippen LogP contribution in [0.1, 0.15) is 57.8 Å². The molecule has 0 amide bonds. The molecule has 0 aromatic heterocycles. The van der Waals surface area contributed by atoms with Crippen LogP contribution in [0.2, 0.25) is 0 Å². The van der Waals surface area contributed by atoms with E-state index in [4.69, 9.17) is 5.10 Å². The standard InChI is InChI=1S/C16H26N4O/c21-15-9-7-8-14(17-19-10-3-1-4-11-19)16(15)18-20-12-5-2-6-13-20/h1-13H2/b17-14-,18-16-. The van der Waals surface area contributed by atoms with Gasteiger partial charge in [-0.3, -0.25) is 14.8 Å². The Labute approximate surface area is 127 Å². The summed E-state index contributed by atoms with van der Waals surface area (Å²) in [6, 6.07) is 0. The van der Waals surface area contributed by atoms with Crippen LogP contribution in [-0.4, -0.2) is 53.4 Å². The van der Waals surface area contributed by atoms with Gasteiger partial charge in [-0.1, -0.05) is 0 Å². The van der Waals surface area contributed by atoms with Crippen LogP contribution in [0, 0.1) is 0 Å². The van der Waals surface area contributed by atoms with Gasteiger partial charge in [-0.05, 0) is 51.4 Å². The Morgan fingerprint density at radius 1 is 0.667 bits per heavy atom. The van der Waals surface area contributed by atoms with E-state index in [0.717, 1.165) is 44.7 Å². The van der Waals surface area contributed by atoms with Gasteiger partial charge in [0.15, 0.2) is 5.78 Å². The highest BCUT2D eigenvalue weighted by Gasteiger charge is 2.26. The largest absolute Gasteiger partial charge is 0.297 e. The number of hydrazone groups is 2. The minimum Gasteiger partial charge on any atom is -0.297 e. The summed E-state index contributed by atoms with van der Waals surface area (Å²) >= 11 is 0. The first-order valence-corrected chi connectivity index (χ1v) is 8.52. The second-order valence-electron chi connectivity index (χ2n) is 6.30. The lowest BCUT2D eigenvalue weighted by molar-refractivity contribution is -0.113. The van der Waals surface area contributed by atoms with E-state index in [0.29, 0.717) is 12.1 Å². The quantitative estimate of drug-likeness (QED) is 0.784. The smallest absolute Gasteiger partial charge is 0.184 e. The van der Waals surface area contributed by atoms with Crippen molar-refractivity contribution in [3.05, 3.63) is 0 Å². The normalized spacial score (nSPS) is 28.5. The fourth-order valence-corrected chi connectivity index (χ4v) is 3.29. The second-order valence-corrected chi connectivity index (χ2v) is 6.30. The fourth-order valence-electron chi connectivity index (χ4n) is 3.29. The zero-order valence-corrected chi connectivity index (χ0v) is 12.9. The zero-order chi connectivity index (χ0) is 14.5. The van der Waals surface area contributed by atoms with Crippen LogP contribution < -0.4 is 0 Å². The van der Waals surface area contributed by atoms with Gasteiger partial charge < -0.3 is 0 Å². The molecule has 116 valence electrons. The SMILES string of the molecule is O=C1CCCC(=N/N2CCCCC2)/C1=N/N1CCCCC1. The molecule has 0 N–H and O–H groups in total. The Kier molecular flexibility index (Phi) is 4.88. The first kappa shape index (κ1) is 14.5. The summed E-state index contributed by atoms with van der Waals surface area (Å²) in [5, 5.41) is 13.6. The predicted octanol–water partition coefficient (Wildman–Crippen LogP) is 2.42. The molecule has 21 heavy (non-hydrogen) atoms. The van der Waals surface area contributed by atoms with Gasteiger partial charge in [-0.2, -0.15) is 10.2 Å². The van der Waals surface area contributed by atoms with E-state index < -0.39 is 0 Å². The van der Waals surface area contributed by atoms with E-state index in [9.17, 15) is 4.79 Å². The van der Waals surface area contributed by atoms with E-state index >= 15 is 0 Å². The highest BCUT2D eigenvalue weighted by molar-refractivity contribution is 6.68. The van der Waals surface area contributed by atoms with Gasteiger partial charge in [-0.15, -0.1) is 0 Å². The van der Waals surface area contributed by atoms with Crippen molar-refractivity contribution in [2.45, 2.75) is 57.8 Å². The van der Waals surface area contributed by atoms with Crippen molar-refractivity contribution in [2.75, 3.05) is 26.2 Å². The van der Waals surface area contributed by atoms with E-state index in [2.05, 4.69) is 15.1 Å². The molecule has 0 radical (unpaired) electrons. The fraction of sp³-hybridized carbons (Fsp3) is 0.812. The number of carbonyl (C=O) groups excluding carboxylic acids is 1. The molecular weight excluding hydrogens is 264 g/mol. The van der Waals surface area contributed by atoms with E-state index in [1.165, 1.54) is 38.5 Å². The number of ketones is 1. The highest BCUT2D eigenvalue weighted by Crippen LogP contribution is 2.16. The zero-order valence-electron chi connectivity index (χ0n) is 12.9. The number of Topliss-reactive ketones (excluding diaryl/α,β-unsaturated/α-hetero) is 1. The van der Waals surface area contributed by atoms with Gasteiger partial charge in [0.1, 0.15) is 5.71 Å². The molecule has 3 rings (SSSR count). The summed E-state index contributed by atoms with van der Waals surface area (Å²) in [5.74, 6) is 0.183. The first-order valence-electron chi connectivity index (χ1n) is 8.52. The van der Waals surface area contributed by atoms with Crippen molar-refractivity contribution in [3.63, 3.8) is 0 Å². The third kappa shape index (κ3) is 3.83. The minimum atomic E-state index is 0.183. The molecule has 5 nitrogen and oxygen atoms in total. The molecule has 0 unspecified atom stereocenters. The maximum absolute atomic E-state index is 12.3. The highest BCUT2D eigenvalue weighted by atomic mass is 16.1. The molecule has 0 atom stereocenters. The third-order valence-corrected chi connectivity index (χ3v) is 4.52. The van der Waals surface area contributed by atoms with Crippen molar-refractivity contribution in [1.29, 1.82) is 0 Å². The lowest BCUT2D eigenvalue weighted by Gasteiger charge is -2.28. The Balaban J connectivity index is 1.76. The Morgan fingerprint density at radius 3 is 1.86 bits per heavy atom. The topological polar surface area (TPSA) is 48.3 Å². The molecular formula is C16H26N4O. The monoisotopic (exact) mass is 290 g/mol. The molecule has 0 aromatic rings. The molecule has 1 saturated carbocycles. The molecule has 5 heteroatoms. The maximum atomic E-state index is 12.3. The van der Waals surface area contributed by atoms with Crippen molar-refractivity contribution >= 4 is 17.2 Å². The molecule has 2 heterocycles. The summed E-state index contributed by atoms with van der Waals surface area (Å²) in [4.78, 5) is 12.3. The van der Waals surface area contributed by atoms with E-state index in [-0.39, 0.29) is 5.78 Å². The van der Waals surface area contributed by atoms with Gasteiger partial charge in [0.2, 0.25) is 0 Å². The average Bonchev–Trinajstić information content (AvgIpc) is 2.53. The van der Waals surface area contributed by atoms with Gasteiger partial charge in [-0.25, -0.2) is 0 Å². The maximum Gasteiger partial charge on any atom is 0.184 e. The summed E-state index contributed by atoms with van der Waals surface area (Å²) in [7, 11) is 0. The van der Waals surface area contributed by atoms with Gasteiger partial charge in [0.05, 0.1) is 5.71 Å². The lowest BCUT2D eigenvalue weighted by atomic mass is 9.95. The molecule has 0 spiro atoms. The van der Waals surface area contributed by atoms with Crippen LogP contribution in [0.3, 0.4) is 0 Å². The number of piperidine rings is 2. The minimum absolute atomic E-state index is 0.183. The van der Waals surface area contributed by atoms with E-state index in [1.807, 2.05) is 0 Å². The van der Waals surface area contributed by atoms with Gasteiger partial charge in [0.25, 0.3) is 0 Å². The lowest BCUT2D eigenvalue weighted by Crippen LogP contribution is -2.36. The average molecular weight is 290 g/mol. The van der Waals surface area contributed by atoms with Crippen LogP contribution in [0.25, 0.3) is 0 Å². The van der Waals surface area contributed by atoms with Gasteiger partial charge >= 0.3 is 0 Å². The summed E-state index contributed by atoms with van der Waals surface area (Å²) in [6.45, 7) is 4.00. The van der Waals surface area contributed by atoms with Crippen LogP contribution in [0.5, 0.6) is 0 Å². The van der Waals surface area contributed by atoms with Crippen molar-refractivity contribution < 1.29 is 4.79 Å². The van der Waals surface area contributed by atoms with Crippen LogP contribution >= 0.6 is 0 Å². The van der Waals surface area contributed by atoms with E-state index in [1.54, 1.807) is 0 Å². The molecule has 0 aromatic carbocycles.